The Kier molecular flexibility index (Phi) is 6.23. The number of amides is 4. The third kappa shape index (κ3) is 4.52. The lowest BCUT2D eigenvalue weighted by atomic mass is 10.1. The molecule has 0 aromatic heterocycles. The van der Waals surface area contributed by atoms with E-state index in [9.17, 15) is 19.2 Å². The summed E-state index contributed by atoms with van der Waals surface area (Å²) in [5, 5.41) is 11.3. The number of imide groups is 2. The molecule has 0 saturated carbocycles. The summed E-state index contributed by atoms with van der Waals surface area (Å²) in [6.45, 7) is 1.09. The molecule has 0 spiro atoms. The molecule has 0 bridgehead atoms. The van der Waals surface area contributed by atoms with Gasteiger partial charge in [0.1, 0.15) is 11.3 Å². The molecule has 2 aromatic rings. The first kappa shape index (κ1) is 21.5. The van der Waals surface area contributed by atoms with Crippen molar-refractivity contribution < 1.29 is 29.0 Å². The maximum atomic E-state index is 13.1. The first-order chi connectivity index (χ1) is 14.2. The number of nitrogens with zero attached hydrogens (tertiary/aromatic N) is 1. The number of rotatable bonds is 5. The molecule has 4 amide bonds. The molecule has 0 atom stereocenters. The Bertz CT molecular complexity index is 1110. The monoisotopic (exact) mass is 492 g/mol. The lowest BCUT2D eigenvalue weighted by molar-refractivity contribution is -0.139. The van der Waals surface area contributed by atoms with E-state index in [1.165, 1.54) is 18.2 Å². The molecule has 2 aromatic carbocycles. The minimum atomic E-state index is -1.18. The van der Waals surface area contributed by atoms with E-state index < -0.39 is 30.4 Å². The van der Waals surface area contributed by atoms with E-state index in [1.807, 2.05) is 0 Å². The Morgan fingerprint density at radius 1 is 1.23 bits per heavy atom. The summed E-state index contributed by atoms with van der Waals surface area (Å²) in [6, 6.07) is 8.47. The molecule has 10 heteroatoms. The Morgan fingerprint density at radius 2 is 1.97 bits per heavy atom. The van der Waals surface area contributed by atoms with Crippen LogP contribution in [0.2, 0.25) is 5.02 Å². The van der Waals surface area contributed by atoms with Gasteiger partial charge in [0.2, 0.25) is 0 Å². The number of halogens is 2. The molecule has 1 fully saturated rings. The van der Waals surface area contributed by atoms with Gasteiger partial charge >= 0.3 is 12.0 Å². The van der Waals surface area contributed by atoms with Crippen molar-refractivity contribution in [2.24, 2.45) is 0 Å². The fourth-order valence-corrected chi connectivity index (χ4v) is 3.30. The molecule has 0 radical (unpaired) electrons. The molecule has 8 nitrogen and oxygen atoms in total. The molecule has 3 rings (SSSR count). The van der Waals surface area contributed by atoms with E-state index in [-0.39, 0.29) is 22.6 Å². The highest BCUT2D eigenvalue weighted by Crippen LogP contribution is 2.30. The zero-order valence-corrected chi connectivity index (χ0v) is 17.8. The molecule has 2 N–H and O–H groups in total. The number of aryl methyl sites for hydroxylation is 1. The first-order valence-electron chi connectivity index (χ1n) is 8.49. The zero-order valence-electron chi connectivity index (χ0n) is 15.4. The van der Waals surface area contributed by atoms with Gasteiger partial charge in [0.05, 0.1) is 5.69 Å². The van der Waals surface area contributed by atoms with Gasteiger partial charge in [-0.2, -0.15) is 0 Å². The van der Waals surface area contributed by atoms with Crippen LogP contribution in [0, 0.1) is 6.92 Å². The summed E-state index contributed by atoms with van der Waals surface area (Å²) in [5.74, 6) is -2.77. The van der Waals surface area contributed by atoms with Crippen molar-refractivity contribution in [3.05, 3.63) is 62.6 Å². The SMILES string of the molecule is Cc1ccc(Cl)cc1N1C(=O)NC(=O)/C(=C\c2cc(Br)ccc2OCC(=O)O)C1=O. The quantitative estimate of drug-likeness (QED) is 0.487. The predicted octanol–water partition coefficient (Wildman–Crippen LogP) is 3.54. The van der Waals surface area contributed by atoms with Gasteiger partial charge in [0.15, 0.2) is 6.61 Å². The molecule has 154 valence electrons. The van der Waals surface area contributed by atoms with Crippen LogP contribution in [-0.2, 0) is 14.4 Å². The van der Waals surface area contributed by atoms with Gasteiger partial charge in [-0.15, -0.1) is 0 Å². The summed E-state index contributed by atoms with van der Waals surface area (Å²) in [5.41, 5.74) is 0.790. The van der Waals surface area contributed by atoms with Gasteiger partial charge in [-0.3, -0.25) is 14.9 Å². The van der Waals surface area contributed by atoms with Gasteiger partial charge in [0.25, 0.3) is 11.8 Å². The van der Waals surface area contributed by atoms with Crippen molar-refractivity contribution >= 4 is 63.1 Å². The predicted molar refractivity (Wildman–Crippen MR) is 112 cm³/mol. The minimum Gasteiger partial charge on any atom is -0.481 e. The number of hydrogen-bond acceptors (Lipinski definition) is 5. The third-order valence-corrected chi connectivity index (χ3v) is 4.86. The van der Waals surface area contributed by atoms with E-state index in [2.05, 4.69) is 21.2 Å². The molecular weight excluding hydrogens is 480 g/mol. The lowest BCUT2D eigenvalue weighted by Crippen LogP contribution is -2.54. The topological polar surface area (TPSA) is 113 Å². The number of benzene rings is 2. The number of carbonyl (C=O) groups excluding carboxylic acids is 3. The molecule has 1 aliphatic heterocycles. The second-order valence-corrected chi connectivity index (χ2v) is 7.61. The number of nitrogens with one attached hydrogen (secondary N) is 1. The fraction of sp³-hybridized carbons (Fsp3) is 0.100. The average Bonchev–Trinajstić information content (AvgIpc) is 2.67. The van der Waals surface area contributed by atoms with Crippen LogP contribution in [0.1, 0.15) is 11.1 Å². The molecule has 0 unspecified atom stereocenters. The van der Waals surface area contributed by atoms with Gasteiger partial charge in [-0.25, -0.2) is 14.5 Å². The Morgan fingerprint density at radius 3 is 2.67 bits per heavy atom. The first-order valence-corrected chi connectivity index (χ1v) is 9.66. The van der Waals surface area contributed by atoms with Gasteiger partial charge in [-0.05, 0) is 48.9 Å². The van der Waals surface area contributed by atoms with Crippen molar-refractivity contribution in [1.82, 2.24) is 5.32 Å². The molecule has 1 saturated heterocycles. The minimum absolute atomic E-state index is 0.149. The Balaban J connectivity index is 2.06. The summed E-state index contributed by atoms with van der Waals surface area (Å²) in [6.07, 6.45) is 1.24. The van der Waals surface area contributed by atoms with Crippen molar-refractivity contribution in [3.63, 3.8) is 0 Å². The molecule has 0 aliphatic carbocycles. The summed E-state index contributed by atoms with van der Waals surface area (Å²) in [4.78, 5) is 49.5. The number of hydrogen-bond donors (Lipinski definition) is 2. The van der Waals surface area contributed by atoms with Gasteiger partial charge in [0, 0.05) is 15.1 Å². The van der Waals surface area contributed by atoms with Crippen LogP contribution < -0.4 is 15.0 Å². The van der Waals surface area contributed by atoms with Gasteiger partial charge < -0.3 is 9.84 Å². The second kappa shape index (κ2) is 8.68. The molecular formula is C20H14BrClN2O6. The molecule has 30 heavy (non-hydrogen) atoms. The highest BCUT2D eigenvalue weighted by atomic mass is 79.9. The second-order valence-electron chi connectivity index (χ2n) is 6.25. The van der Waals surface area contributed by atoms with Gasteiger partial charge in [-0.1, -0.05) is 33.6 Å². The fourth-order valence-electron chi connectivity index (χ4n) is 2.76. The molecule has 1 aliphatic rings. The van der Waals surface area contributed by atoms with E-state index >= 15 is 0 Å². The summed E-state index contributed by atoms with van der Waals surface area (Å²) >= 11 is 9.29. The largest absolute Gasteiger partial charge is 0.481 e. The van der Waals surface area contributed by atoms with Crippen LogP contribution in [0.3, 0.4) is 0 Å². The van der Waals surface area contributed by atoms with Crippen molar-refractivity contribution in [2.45, 2.75) is 6.92 Å². The van der Waals surface area contributed by atoms with E-state index in [0.29, 0.717) is 15.1 Å². The number of aliphatic carboxylic acids is 1. The average molecular weight is 494 g/mol. The van der Waals surface area contributed by atoms with Crippen LogP contribution in [0.25, 0.3) is 6.08 Å². The highest BCUT2D eigenvalue weighted by Gasteiger charge is 2.37. The van der Waals surface area contributed by atoms with Crippen LogP contribution in [0.15, 0.2) is 46.4 Å². The number of carboxylic acids is 1. The highest BCUT2D eigenvalue weighted by molar-refractivity contribution is 9.10. The van der Waals surface area contributed by atoms with Crippen LogP contribution in [0.5, 0.6) is 5.75 Å². The Hall–Kier alpha value is -3.17. The van der Waals surface area contributed by atoms with Crippen molar-refractivity contribution in [1.29, 1.82) is 0 Å². The smallest absolute Gasteiger partial charge is 0.341 e. The van der Waals surface area contributed by atoms with E-state index in [4.69, 9.17) is 21.4 Å². The number of anilines is 1. The molecule has 1 heterocycles. The van der Waals surface area contributed by atoms with E-state index in [1.54, 1.807) is 31.2 Å². The van der Waals surface area contributed by atoms with Crippen LogP contribution in [0.4, 0.5) is 10.5 Å². The van der Waals surface area contributed by atoms with E-state index in [0.717, 1.165) is 4.90 Å². The van der Waals surface area contributed by atoms with Crippen molar-refractivity contribution in [3.8, 4) is 5.75 Å². The third-order valence-electron chi connectivity index (χ3n) is 4.14. The normalized spacial score (nSPS) is 15.4. The number of carbonyl (C=O) groups is 4. The lowest BCUT2D eigenvalue weighted by Gasteiger charge is -2.27. The number of barbiturate groups is 1. The Labute approximate surface area is 184 Å². The zero-order chi connectivity index (χ0) is 22.0. The van der Waals surface area contributed by atoms with Crippen LogP contribution in [-0.4, -0.2) is 35.5 Å². The van der Waals surface area contributed by atoms with Crippen molar-refractivity contribution in [2.75, 3.05) is 11.5 Å². The maximum absolute atomic E-state index is 13.1. The standard InChI is InChI=1S/C20H14BrClN2O6/c1-10-2-4-13(22)8-15(10)24-19(28)14(18(27)23-20(24)29)7-11-6-12(21)3-5-16(11)30-9-17(25)26/h2-8H,9H2,1H3,(H,25,26)(H,23,27,29)/b14-7+. The van der Waals surface area contributed by atoms with Crippen LogP contribution >= 0.6 is 27.5 Å². The number of ether oxygens (including phenoxy) is 1. The summed E-state index contributed by atoms with van der Waals surface area (Å²) in [7, 11) is 0. The maximum Gasteiger partial charge on any atom is 0.341 e. The summed E-state index contributed by atoms with van der Waals surface area (Å²) < 4.78 is 5.84. The number of urea groups is 1. The number of carboxylic acid groups (broad SMARTS) is 1.